The number of methoxy groups -OCH3 is 1. The second kappa shape index (κ2) is 6.99. The van der Waals surface area contributed by atoms with Gasteiger partial charge in [0.25, 0.3) is 10.0 Å². The molecule has 3 heterocycles. The van der Waals surface area contributed by atoms with E-state index < -0.39 is 15.8 Å². The van der Waals surface area contributed by atoms with Gasteiger partial charge in [-0.1, -0.05) is 0 Å². The lowest BCUT2D eigenvalue weighted by molar-refractivity contribution is 0.417. The number of nitrogens with zero attached hydrogens (tertiary/aromatic N) is 3. The number of rotatable bonds is 5. The van der Waals surface area contributed by atoms with E-state index in [1.807, 2.05) is 6.20 Å². The van der Waals surface area contributed by atoms with Crippen LogP contribution in [0.4, 0.5) is 5.69 Å². The number of anilines is 1. The van der Waals surface area contributed by atoms with E-state index in [1.165, 1.54) is 25.3 Å². The number of aromatic nitrogens is 4. The average Bonchev–Trinajstić information content (AvgIpc) is 3.35. The van der Waals surface area contributed by atoms with Gasteiger partial charge in [0.15, 0.2) is 5.58 Å². The molecule has 0 spiro atoms. The third-order valence-electron chi connectivity index (χ3n) is 4.68. The number of aromatic amines is 1. The maximum atomic E-state index is 13.0. The SMILES string of the molecule is COc1ccc(-c2cn3cccnc3n2)cc1NS(=O)(=O)c1ccc2oc(=O)[nH]c2c1. The number of hydrogen-bond donors (Lipinski definition) is 2. The van der Waals surface area contributed by atoms with Gasteiger partial charge in [-0.3, -0.25) is 14.1 Å². The van der Waals surface area contributed by atoms with E-state index in [2.05, 4.69) is 19.7 Å². The topological polar surface area (TPSA) is 132 Å². The Morgan fingerprint density at radius 1 is 1.19 bits per heavy atom. The van der Waals surface area contributed by atoms with Gasteiger partial charge < -0.3 is 9.15 Å². The van der Waals surface area contributed by atoms with E-state index in [1.54, 1.807) is 41.1 Å². The minimum absolute atomic E-state index is 0.0403. The largest absolute Gasteiger partial charge is 0.495 e. The number of oxazole rings is 1. The van der Waals surface area contributed by atoms with Crippen molar-refractivity contribution in [2.45, 2.75) is 4.90 Å². The van der Waals surface area contributed by atoms with Crippen LogP contribution in [0.15, 0.2) is 75.2 Å². The van der Waals surface area contributed by atoms with Crippen LogP contribution in [-0.4, -0.2) is 34.9 Å². The van der Waals surface area contributed by atoms with Gasteiger partial charge in [0, 0.05) is 24.2 Å². The Bertz CT molecular complexity index is 1570. The summed E-state index contributed by atoms with van der Waals surface area (Å²) >= 11 is 0. The van der Waals surface area contributed by atoms with Gasteiger partial charge in [-0.05, 0) is 42.5 Å². The molecule has 0 radical (unpaired) electrons. The minimum Gasteiger partial charge on any atom is -0.495 e. The zero-order chi connectivity index (χ0) is 21.6. The maximum Gasteiger partial charge on any atom is 0.417 e. The molecule has 31 heavy (non-hydrogen) atoms. The molecule has 0 atom stereocenters. The highest BCUT2D eigenvalue weighted by Gasteiger charge is 2.19. The van der Waals surface area contributed by atoms with Gasteiger partial charge in [0.2, 0.25) is 5.78 Å². The number of nitrogens with one attached hydrogen (secondary N) is 2. The van der Waals surface area contributed by atoms with Crippen molar-refractivity contribution < 1.29 is 17.6 Å². The Morgan fingerprint density at radius 3 is 2.87 bits per heavy atom. The van der Waals surface area contributed by atoms with Crippen LogP contribution in [0, 0.1) is 0 Å². The fourth-order valence-electron chi connectivity index (χ4n) is 3.22. The van der Waals surface area contributed by atoms with E-state index in [4.69, 9.17) is 9.15 Å². The van der Waals surface area contributed by atoms with Crippen molar-refractivity contribution in [3.63, 3.8) is 0 Å². The van der Waals surface area contributed by atoms with Gasteiger partial charge in [0.1, 0.15) is 5.75 Å². The Morgan fingerprint density at radius 2 is 2.06 bits per heavy atom. The van der Waals surface area contributed by atoms with E-state index in [0.29, 0.717) is 22.8 Å². The van der Waals surface area contributed by atoms with Crippen LogP contribution >= 0.6 is 0 Å². The van der Waals surface area contributed by atoms with Crippen LogP contribution in [0.5, 0.6) is 5.75 Å². The van der Waals surface area contributed by atoms with Crippen LogP contribution in [0.1, 0.15) is 0 Å². The molecule has 0 aliphatic rings. The molecular weight excluding hydrogens is 422 g/mol. The Hall–Kier alpha value is -4.12. The van der Waals surface area contributed by atoms with Crippen molar-refractivity contribution in [2.24, 2.45) is 0 Å². The van der Waals surface area contributed by atoms with E-state index in [-0.39, 0.29) is 21.7 Å². The first kappa shape index (κ1) is 18.9. The van der Waals surface area contributed by atoms with Crippen LogP contribution < -0.4 is 15.2 Å². The predicted octanol–water partition coefficient (Wildman–Crippen LogP) is 2.64. The summed E-state index contributed by atoms with van der Waals surface area (Å²) in [5, 5.41) is 0. The summed E-state index contributed by atoms with van der Waals surface area (Å²) in [6.07, 6.45) is 5.26. The molecule has 0 unspecified atom stereocenters. The second-order valence-electron chi connectivity index (χ2n) is 6.65. The molecule has 0 saturated heterocycles. The molecular formula is C20H15N5O5S. The van der Waals surface area contributed by atoms with Crippen LogP contribution in [0.3, 0.4) is 0 Å². The Labute approximate surface area is 175 Å². The molecule has 0 saturated carbocycles. The van der Waals surface area contributed by atoms with Gasteiger partial charge >= 0.3 is 5.76 Å². The highest BCUT2D eigenvalue weighted by Crippen LogP contribution is 2.32. The lowest BCUT2D eigenvalue weighted by atomic mass is 10.1. The van der Waals surface area contributed by atoms with Crippen LogP contribution in [-0.2, 0) is 10.0 Å². The highest BCUT2D eigenvalue weighted by atomic mass is 32.2. The molecule has 0 aliphatic heterocycles. The molecule has 0 aliphatic carbocycles. The summed E-state index contributed by atoms with van der Waals surface area (Å²) in [6, 6.07) is 11.0. The lowest BCUT2D eigenvalue weighted by Crippen LogP contribution is -2.13. The fraction of sp³-hybridized carbons (Fsp3) is 0.0500. The first-order valence-corrected chi connectivity index (χ1v) is 10.5. The summed E-state index contributed by atoms with van der Waals surface area (Å²) in [5.74, 6) is 0.207. The lowest BCUT2D eigenvalue weighted by Gasteiger charge is -2.13. The smallest absolute Gasteiger partial charge is 0.417 e. The summed E-state index contributed by atoms with van der Waals surface area (Å²) in [4.78, 5) is 22.4. The number of fused-ring (bicyclic) bond motifs is 2. The van der Waals surface area contributed by atoms with Crippen molar-refractivity contribution in [2.75, 3.05) is 11.8 Å². The predicted molar refractivity (Wildman–Crippen MR) is 113 cm³/mol. The van der Waals surface area contributed by atoms with Gasteiger partial charge in [-0.15, -0.1) is 0 Å². The van der Waals surface area contributed by atoms with Crippen molar-refractivity contribution in [1.82, 2.24) is 19.4 Å². The molecule has 10 nitrogen and oxygen atoms in total. The third kappa shape index (κ3) is 3.40. The quantitative estimate of drug-likeness (QED) is 0.432. The van der Waals surface area contributed by atoms with Gasteiger partial charge in [0.05, 0.1) is 28.9 Å². The average molecular weight is 437 g/mol. The fourth-order valence-corrected chi connectivity index (χ4v) is 4.31. The number of ether oxygens (including phenoxy) is 1. The number of sulfonamides is 1. The van der Waals surface area contributed by atoms with E-state index >= 15 is 0 Å². The van der Waals surface area contributed by atoms with Crippen molar-refractivity contribution >= 4 is 32.6 Å². The molecule has 156 valence electrons. The van der Waals surface area contributed by atoms with Crippen molar-refractivity contribution in [3.8, 4) is 17.0 Å². The summed E-state index contributed by atoms with van der Waals surface area (Å²) in [6.45, 7) is 0. The van der Waals surface area contributed by atoms with Crippen LogP contribution in [0.2, 0.25) is 0 Å². The normalized spacial score (nSPS) is 11.8. The van der Waals surface area contributed by atoms with Crippen molar-refractivity contribution in [3.05, 3.63) is 71.6 Å². The molecule has 5 aromatic rings. The molecule has 2 aromatic carbocycles. The zero-order valence-corrected chi connectivity index (χ0v) is 16.9. The molecule has 5 rings (SSSR count). The Kier molecular flexibility index (Phi) is 4.26. The van der Waals surface area contributed by atoms with Crippen molar-refractivity contribution in [1.29, 1.82) is 0 Å². The number of benzene rings is 2. The second-order valence-corrected chi connectivity index (χ2v) is 8.33. The monoisotopic (exact) mass is 437 g/mol. The van der Waals surface area contributed by atoms with E-state index in [9.17, 15) is 13.2 Å². The van der Waals surface area contributed by atoms with E-state index in [0.717, 1.165) is 0 Å². The minimum atomic E-state index is -3.98. The summed E-state index contributed by atoms with van der Waals surface area (Å²) in [5.41, 5.74) is 2.10. The molecule has 0 fully saturated rings. The number of hydrogen-bond acceptors (Lipinski definition) is 7. The van der Waals surface area contributed by atoms with Crippen LogP contribution in [0.25, 0.3) is 28.1 Å². The van der Waals surface area contributed by atoms with Gasteiger partial charge in [-0.25, -0.2) is 23.2 Å². The third-order valence-corrected chi connectivity index (χ3v) is 6.04. The first-order valence-electron chi connectivity index (χ1n) is 9.07. The highest BCUT2D eigenvalue weighted by molar-refractivity contribution is 7.92. The maximum absolute atomic E-state index is 13.0. The first-order chi connectivity index (χ1) is 14.9. The Balaban J connectivity index is 1.54. The molecule has 2 N–H and O–H groups in total. The zero-order valence-electron chi connectivity index (χ0n) is 16.1. The number of imidazole rings is 1. The standard InChI is InChI=1S/C20H15N5O5S/c1-29-17-5-3-12(16-11-25-8-2-7-21-19(25)22-16)9-15(17)24-31(27,28)13-4-6-18-14(10-13)23-20(26)30-18/h2-11,24H,1H3,(H,23,26). The molecule has 3 aromatic heterocycles. The summed E-state index contributed by atoms with van der Waals surface area (Å²) in [7, 11) is -2.54. The molecule has 11 heteroatoms. The molecule has 0 amide bonds. The molecule has 0 bridgehead atoms. The number of H-pyrrole nitrogens is 1. The summed E-state index contributed by atoms with van der Waals surface area (Å²) < 4.78 is 40.5. The van der Waals surface area contributed by atoms with Gasteiger partial charge in [-0.2, -0.15) is 0 Å².